The second-order valence-electron chi connectivity index (χ2n) is 8.22. The van der Waals surface area contributed by atoms with Crippen molar-refractivity contribution in [3.8, 4) is 11.4 Å². The van der Waals surface area contributed by atoms with E-state index >= 15 is 0 Å². The van der Waals surface area contributed by atoms with Gasteiger partial charge in [-0.1, -0.05) is 0 Å². The third kappa shape index (κ3) is 4.14. The lowest BCUT2D eigenvalue weighted by molar-refractivity contribution is 0.0985. The fourth-order valence-corrected chi connectivity index (χ4v) is 5.21. The van der Waals surface area contributed by atoms with E-state index in [1.54, 1.807) is 12.1 Å². The maximum atomic E-state index is 14.7. The molecule has 1 saturated heterocycles. The number of carbonyl (C=O) groups is 1. The molecule has 0 bridgehead atoms. The normalized spacial score (nSPS) is 20.0. The number of urea groups is 1. The van der Waals surface area contributed by atoms with Crippen molar-refractivity contribution in [1.82, 2.24) is 15.3 Å². The minimum absolute atomic E-state index is 0.0149. The van der Waals surface area contributed by atoms with E-state index in [2.05, 4.69) is 25.5 Å². The average molecular weight is 464 g/mol. The van der Waals surface area contributed by atoms with Crippen LogP contribution >= 0.6 is 0 Å². The first kappa shape index (κ1) is 22.4. The molecule has 11 heteroatoms. The third-order valence-corrected chi connectivity index (χ3v) is 7.99. The minimum Gasteiger partial charge on any atom is -0.377 e. The molecule has 2 aromatic rings. The molecule has 1 aliphatic carbocycles. The minimum atomic E-state index is -3.40. The van der Waals surface area contributed by atoms with Gasteiger partial charge >= 0.3 is 6.03 Å². The van der Waals surface area contributed by atoms with Gasteiger partial charge in [0.25, 0.3) is 0 Å². The Balaban J connectivity index is 1.80. The van der Waals surface area contributed by atoms with Gasteiger partial charge in [0.15, 0.2) is 15.7 Å². The number of benzene rings is 1. The van der Waals surface area contributed by atoms with Gasteiger partial charge in [-0.05, 0) is 38.0 Å². The zero-order chi connectivity index (χ0) is 23.1. The smallest absolute Gasteiger partial charge is 0.319 e. The number of hydrogen-bond acceptors (Lipinski definition) is 7. The molecule has 1 aromatic heterocycles. The number of carbonyl (C=O) groups excluding carboxylic acids is 1. The number of nitrogens with zero attached hydrogens (tertiary/aromatic N) is 3. The van der Waals surface area contributed by atoms with E-state index < -0.39 is 26.4 Å². The maximum Gasteiger partial charge on any atom is 0.319 e. The Morgan fingerprint density at radius 3 is 2.62 bits per heavy atom. The van der Waals surface area contributed by atoms with Gasteiger partial charge in [-0.15, -0.1) is 0 Å². The zero-order valence-corrected chi connectivity index (χ0v) is 19.0. The third-order valence-electron chi connectivity index (χ3n) is 5.96. The standard InChI is InChI=1S/C21H26FN5O4S/c1-13-12-31-9-8-27(13)18-11-17(21(6-7-21)32(3,29)30)25-19(26-18)14-4-5-16(15(22)10-14)24-20(28)23-2/h4-5,10-11,13H,6-9,12H2,1-3H3,(H2,23,24,28)/t13-/m0/s1. The second-order valence-corrected chi connectivity index (χ2v) is 10.5. The van der Waals surface area contributed by atoms with Crippen molar-refractivity contribution in [2.45, 2.75) is 30.6 Å². The molecule has 4 rings (SSSR count). The number of nitrogens with one attached hydrogen (secondary N) is 2. The van der Waals surface area contributed by atoms with E-state index in [0.29, 0.717) is 49.7 Å². The monoisotopic (exact) mass is 463 g/mol. The van der Waals surface area contributed by atoms with Gasteiger partial charge in [0.1, 0.15) is 16.4 Å². The van der Waals surface area contributed by atoms with Crippen LogP contribution in [0.2, 0.25) is 0 Å². The number of aromatic nitrogens is 2. The van der Waals surface area contributed by atoms with E-state index in [4.69, 9.17) is 4.74 Å². The molecular weight excluding hydrogens is 437 g/mol. The van der Waals surface area contributed by atoms with Gasteiger partial charge in [0.2, 0.25) is 0 Å². The SMILES string of the molecule is CNC(=O)Nc1ccc(-c2nc(N3CCOC[C@@H]3C)cc(C3(S(C)(=O)=O)CC3)n2)cc1F. The van der Waals surface area contributed by atoms with Crippen LogP contribution in [0.1, 0.15) is 25.5 Å². The van der Waals surface area contributed by atoms with Gasteiger partial charge in [0, 0.05) is 31.5 Å². The van der Waals surface area contributed by atoms with Crippen molar-refractivity contribution >= 4 is 27.4 Å². The molecule has 2 amide bonds. The van der Waals surface area contributed by atoms with Gasteiger partial charge in [-0.3, -0.25) is 0 Å². The van der Waals surface area contributed by atoms with Crippen LogP contribution in [0.3, 0.4) is 0 Å². The Morgan fingerprint density at radius 1 is 1.28 bits per heavy atom. The Bertz CT molecular complexity index is 1150. The van der Waals surface area contributed by atoms with Crippen LogP contribution in [-0.2, 0) is 19.3 Å². The predicted molar refractivity (Wildman–Crippen MR) is 119 cm³/mol. The molecule has 1 saturated carbocycles. The van der Waals surface area contributed by atoms with Gasteiger partial charge < -0.3 is 20.3 Å². The fraction of sp³-hybridized carbons (Fsp3) is 0.476. The van der Waals surface area contributed by atoms with Crippen molar-refractivity contribution in [1.29, 1.82) is 0 Å². The van der Waals surface area contributed by atoms with Crippen molar-refractivity contribution in [3.63, 3.8) is 0 Å². The van der Waals surface area contributed by atoms with Crippen LogP contribution in [0.4, 0.5) is 20.7 Å². The molecule has 1 aliphatic heterocycles. The first-order chi connectivity index (χ1) is 15.1. The summed E-state index contributed by atoms with van der Waals surface area (Å²) in [5.41, 5.74) is 0.825. The van der Waals surface area contributed by atoms with Gasteiger partial charge in [-0.2, -0.15) is 0 Å². The molecule has 9 nitrogen and oxygen atoms in total. The molecule has 2 N–H and O–H groups in total. The number of halogens is 1. The number of amides is 2. The first-order valence-corrected chi connectivity index (χ1v) is 12.3. The lowest BCUT2D eigenvalue weighted by Crippen LogP contribution is -2.44. The topological polar surface area (TPSA) is 114 Å². The van der Waals surface area contributed by atoms with Crippen molar-refractivity contribution in [2.24, 2.45) is 0 Å². The molecule has 0 radical (unpaired) electrons. The maximum absolute atomic E-state index is 14.7. The number of sulfone groups is 1. The second kappa shape index (κ2) is 8.28. The molecule has 32 heavy (non-hydrogen) atoms. The highest BCUT2D eigenvalue weighted by molar-refractivity contribution is 7.91. The van der Waals surface area contributed by atoms with E-state index in [1.807, 2.05) is 6.92 Å². The summed E-state index contributed by atoms with van der Waals surface area (Å²) >= 11 is 0. The van der Waals surface area contributed by atoms with Gasteiger partial charge in [-0.25, -0.2) is 27.6 Å². The highest BCUT2D eigenvalue weighted by Gasteiger charge is 2.55. The summed E-state index contributed by atoms with van der Waals surface area (Å²) < 4.78 is 44.2. The molecule has 1 aromatic carbocycles. The summed E-state index contributed by atoms with van der Waals surface area (Å²) in [4.78, 5) is 22.8. The van der Waals surface area contributed by atoms with Crippen molar-refractivity contribution in [2.75, 3.05) is 43.3 Å². The largest absolute Gasteiger partial charge is 0.377 e. The van der Waals surface area contributed by atoms with E-state index in [1.165, 1.54) is 25.4 Å². The van der Waals surface area contributed by atoms with Crippen LogP contribution in [0.15, 0.2) is 24.3 Å². The van der Waals surface area contributed by atoms with E-state index in [9.17, 15) is 17.6 Å². The quantitative estimate of drug-likeness (QED) is 0.699. The highest BCUT2D eigenvalue weighted by atomic mass is 32.2. The molecule has 2 aliphatic rings. The number of morpholine rings is 1. The summed E-state index contributed by atoms with van der Waals surface area (Å²) in [5.74, 6) is 0.172. The van der Waals surface area contributed by atoms with E-state index in [-0.39, 0.29) is 17.6 Å². The van der Waals surface area contributed by atoms with Crippen LogP contribution in [0.25, 0.3) is 11.4 Å². The Hall–Kier alpha value is -2.79. The first-order valence-electron chi connectivity index (χ1n) is 10.4. The van der Waals surface area contributed by atoms with Crippen LogP contribution < -0.4 is 15.5 Å². The number of ether oxygens (including phenoxy) is 1. The van der Waals surface area contributed by atoms with Crippen molar-refractivity contribution in [3.05, 3.63) is 35.8 Å². The number of hydrogen-bond donors (Lipinski definition) is 2. The summed E-state index contributed by atoms with van der Waals surface area (Å²) in [6.45, 7) is 3.67. The van der Waals surface area contributed by atoms with Gasteiger partial charge in [0.05, 0.1) is 30.6 Å². The summed E-state index contributed by atoms with van der Waals surface area (Å²) in [6, 6.07) is 5.50. The van der Waals surface area contributed by atoms with E-state index in [0.717, 1.165) is 0 Å². The molecule has 0 spiro atoms. The van der Waals surface area contributed by atoms with Crippen LogP contribution in [-0.4, -0.2) is 63.5 Å². The Kier molecular flexibility index (Phi) is 5.80. The molecule has 1 atom stereocenters. The van der Waals surface area contributed by atoms with Crippen LogP contribution in [0, 0.1) is 5.82 Å². The molecular formula is C21H26FN5O4S. The highest BCUT2D eigenvalue weighted by Crippen LogP contribution is 2.52. The number of rotatable bonds is 5. The average Bonchev–Trinajstić information content (AvgIpc) is 3.57. The Morgan fingerprint density at radius 2 is 2.03 bits per heavy atom. The van der Waals surface area contributed by atoms with Crippen LogP contribution in [0.5, 0.6) is 0 Å². The predicted octanol–water partition coefficient (Wildman–Crippen LogP) is 2.29. The zero-order valence-electron chi connectivity index (χ0n) is 18.2. The lowest BCUT2D eigenvalue weighted by Gasteiger charge is -2.34. The summed E-state index contributed by atoms with van der Waals surface area (Å²) in [5, 5.41) is 4.77. The molecule has 0 unspecified atom stereocenters. The molecule has 2 fully saturated rings. The molecule has 172 valence electrons. The summed E-state index contributed by atoms with van der Waals surface area (Å²) in [7, 11) is -1.96. The van der Waals surface area contributed by atoms with Crippen molar-refractivity contribution < 1.29 is 22.3 Å². The summed E-state index contributed by atoms with van der Waals surface area (Å²) in [6.07, 6.45) is 2.20. The number of anilines is 2. The lowest BCUT2D eigenvalue weighted by atomic mass is 10.1. The fourth-order valence-electron chi connectivity index (χ4n) is 3.88. The molecule has 2 heterocycles. The Labute approximate surface area is 186 Å².